The van der Waals surface area contributed by atoms with Gasteiger partial charge < -0.3 is 9.84 Å². The molecule has 104 valence electrons. The summed E-state index contributed by atoms with van der Waals surface area (Å²) < 4.78 is 44.5. The van der Waals surface area contributed by atoms with E-state index < -0.39 is 23.4 Å². The molecule has 0 spiro atoms. The number of aromatic carboxylic acids is 1. The van der Waals surface area contributed by atoms with Crippen LogP contribution in [-0.2, 0) is 0 Å². The van der Waals surface area contributed by atoms with Crippen molar-refractivity contribution in [2.75, 3.05) is 7.11 Å². The second-order valence-corrected chi connectivity index (χ2v) is 3.97. The first-order chi connectivity index (χ1) is 9.43. The number of hydrogen-bond donors (Lipinski definition) is 1. The van der Waals surface area contributed by atoms with Crippen molar-refractivity contribution in [2.45, 2.75) is 0 Å². The van der Waals surface area contributed by atoms with Crippen LogP contribution in [0.1, 0.15) is 10.4 Å². The third kappa shape index (κ3) is 2.45. The van der Waals surface area contributed by atoms with Gasteiger partial charge in [-0.25, -0.2) is 18.0 Å². The first-order valence-corrected chi connectivity index (χ1v) is 5.50. The molecule has 0 bridgehead atoms. The number of methoxy groups -OCH3 is 1. The lowest BCUT2D eigenvalue weighted by Crippen LogP contribution is -2.01. The lowest BCUT2D eigenvalue weighted by Gasteiger charge is -2.09. The summed E-state index contributed by atoms with van der Waals surface area (Å²) in [7, 11) is 1.29. The molecule has 0 saturated heterocycles. The van der Waals surface area contributed by atoms with Gasteiger partial charge in [0.1, 0.15) is 17.1 Å². The largest absolute Gasteiger partial charge is 0.496 e. The Kier molecular flexibility index (Phi) is 3.65. The van der Waals surface area contributed by atoms with Gasteiger partial charge in [-0.3, -0.25) is 0 Å². The number of ether oxygens (including phenoxy) is 1. The minimum absolute atomic E-state index is 0.0873. The van der Waals surface area contributed by atoms with Crippen LogP contribution in [-0.4, -0.2) is 18.2 Å². The quantitative estimate of drug-likeness (QED) is 0.877. The number of rotatable bonds is 3. The highest BCUT2D eigenvalue weighted by atomic mass is 19.2. The normalized spacial score (nSPS) is 10.4. The summed E-state index contributed by atoms with van der Waals surface area (Å²) in [4.78, 5) is 11.1. The Morgan fingerprint density at radius 3 is 2.30 bits per heavy atom. The molecular weight excluding hydrogens is 273 g/mol. The molecule has 0 radical (unpaired) electrons. The van der Waals surface area contributed by atoms with Crippen LogP contribution in [0.15, 0.2) is 30.3 Å². The average Bonchev–Trinajstić information content (AvgIpc) is 2.42. The third-order valence-corrected chi connectivity index (χ3v) is 2.75. The minimum Gasteiger partial charge on any atom is -0.496 e. The van der Waals surface area contributed by atoms with Gasteiger partial charge in [0, 0.05) is 11.6 Å². The van der Waals surface area contributed by atoms with Crippen LogP contribution in [0.25, 0.3) is 11.1 Å². The first-order valence-electron chi connectivity index (χ1n) is 5.50. The van der Waals surface area contributed by atoms with Crippen LogP contribution < -0.4 is 4.74 Å². The molecule has 0 unspecified atom stereocenters. The molecular formula is C14H9F3O3. The Morgan fingerprint density at radius 1 is 1.05 bits per heavy atom. The Hall–Kier alpha value is -2.50. The molecule has 0 saturated carbocycles. The van der Waals surface area contributed by atoms with Crippen molar-refractivity contribution in [3.63, 3.8) is 0 Å². The van der Waals surface area contributed by atoms with Gasteiger partial charge in [0.2, 0.25) is 0 Å². The second-order valence-electron chi connectivity index (χ2n) is 3.97. The van der Waals surface area contributed by atoms with Crippen molar-refractivity contribution in [3.05, 3.63) is 53.3 Å². The number of benzene rings is 2. The van der Waals surface area contributed by atoms with E-state index in [1.54, 1.807) is 0 Å². The summed E-state index contributed by atoms with van der Waals surface area (Å²) in [5.41, 5.74) is -0.317. The maximum atomic E-state index is 13.6. The van der Waals surface area contributed by atoms with Crippen LogP contribution in [0.3, 0.4) is 0 Å². The monoisotopic (exact) mass is 282 g/mol. The fraction of sp³-hybridized carbons (Fsp3) is 0.0714. The summed E-state index contributed by atoms with van der Waals surface area (Å²) in [6.45, 7) is 0. The smallest absolute Gasteiger partial charge is 0.339 e. The molecule has 0 atom stereocenters. The van der Waals surface area contributed by atoms with E-state index in [0.717, 1.165) is 6.07 Å². The Bertz CT molecular complexity index is 684. The number of carboxylic acids is 1. The molecule has 1 N–H and O–H groups in total. The van der Waals surface area contributed by atoms with Gasteiger partial charge in [-0.1, -0.05) is 6.07 Å². The molecule has 2 aromatic carbocycles. The predicted molar refractivity (Wildman–Crippen MR) is 65.3 cm³/mol. The van der Waals surface area contributed by atoms with Gasteiger partial charge in [-0.05, 0) is 23.8 Å². The van der Waals surface area contributed by atoms with Gasteiger partial charge in [-0.15, -0.1) is 0 Å². The fourth-order valence-corrected chi connectivity index (χ4v) is 1.79. The van der Waals surface area contributed by atoms with E-state index in [2.05, 4.69) is 0 Å². The summed E-state index contributed by atoms with van der Waals surface area (Å²) in [6.07, 6.45) is 0. The Balaban J connectivity index is 2.62. The molecule has 0 fully saturated rings. The fourth-order valence-electron chi connectivity index (χ4n) is 1.79. The highest BCUT2D eigenvalue weighted by molar-refractivity contribution is 5.92. The molecule has 3 nitrogen and oxygen atoms in total. The SMILES string of the molecule is COc1ccc(-c2cc(F)c(F)cc2F)cc1C(=O)O. The van der Waals surface area contributed by atoms with Gasteiger partial charge in [0.05, 0.1) is 7.11 Å². The minimum atomic E-state index is -1.31. The molecule has 20 heavy (non-hydrogen) atoms. The van der Waals surface area contributed by atoms with Crippen molar-refractivity contribution in [1.29, 1.82) is 0 Å². The van der Waals surface area contributed by atoms with Gasteiger partial charge in [-0.2, -0.15) is 0 Å². The van der Waals surface area contributed by atoms with Crippen LogP contribution in [0.2, 0.25) is 0 Å². The van der Waals surface area contributed by atoms with E-state index in [9.17, 15) is 18.0 Å². The van der Waals surface area contributed by atoms with Gasteiger partial charge >= 0.3 is 5.97 Å². The van der Waals surface area contributed by atoms with Crippen LogP contribution >= 0.6 is 0 Å². The highest BCUT2D eigenvalue weighted by Gasteiger charge is 2.16. The molecule has 0 aliphatic carbocycles. The topological polar surface area (TPSA) is 46.5 Å². The zero-order valence-corrected chi connectivity index (χ0v) is 10.3. The Labute approximate surface area is 112 Å². The van der Waals surface area contributed by atoms with Crippen molar-refractivity contribution in [3.8, 4) is 16.9 Å². The summed E-state index contributed by atoms with van der Waals surface area (Å²) in [5, 5.41) is 9.03. The number of carboxylic acid groups (broad SMARTS) is 1. The maximum Gasteiger partial charge on any atom is 0.339 e. The molecule has 0 aromatic heterocycles. The lowest BCUT2D eigenvalue weighted by atomic mass is 10.0. The van der Waals surface area contributed by atoms with Crippen LogP contribution in [0, 0.1) is 17.5 Å². The van der Waals surface area contributed by atoms with Gasteiger partial charge in [0.25, 0.3) is 0 Å². The molecule has 2 aromatic rings. The van der Waals surface area contributed by atoms with Gasteiger partial charge in [0.15, 0.2) is 11.6 Å². The van der Waals surface area contributed by atoms with Crippen LogP contribution in [0.5, 0.6) is 5.75 Å². The van der Waals surface area contributed by atoms with E-state index in [1.807, 2.05) is 0 Å². The van der Waals surface area contributed by atoms with E-state index in [0.29, 0.717) is 12.1 Å². The third-order valence-electron chi connectivity index (χ3n) is 2.75. The summed E-state index contributed by atoms with van der Waals surface area (Å²) in [5.74, 6) is -4.69. The zero-order valence-electron chi connectivity index (χ0n) is 10.3. The van der Waals surface area contributed by atoms with Crippen molar-refractivity contribution >= 4 is 5.97 Å². The van der Waals surface area contributed by atoms with Crippen LogP contribution in [0.4, 0.5) is 13.2 Å². The highest BCUT2D eigenvalue weighted by Crippen LogP contribution is 2.29. The number of carbonyl (C=O) groups is 1. The van der Waals surface area contributed by atoms with E-state index in [4.69, 9.17) is 9.84 Å². The molecule has 0 aliphatic rings. The summed E-state index contributed by atoms with van der Waals surface area (Å²) >= 11 is 0. The molecule has 2 rings (SSSR count). The van der Waals surface area contributed by atoms with Crippen molar-refractivity contribution in [1.82, 2.24) is 0 Å². The van der Waals surface area contributed by atoms with E-state index in [-0.39, 0.29) is 22.4 Å². The standard InChI is InChI=1S/C14H9F3O3/c1-20-13-3-2-7(4-9(13)14(18)19)8-5-11(16)12(17)6-10(8)15/h2-6H,1H3,(H,18,19). The molecule has 0 heterocycles. The lowest BCUT2D eigenvalue weighted by molar-refractivity contribution is 0.0693. The van der Waals surface area contributed by atoms with E-state index >= 15 is 0 Å². The first kappa shape index (κ1) is 13.9. The van der Waals surface area contributed by atoms with E-state index in [1.165, 1.54) is 19.2 Å². The van der Waals surface area contributed by atoms with Crippen molar-refractivity contribution in [2.24, 2.45) is 0 Å². The van der Waals surface area contributed by atoms with Crippen molar-refractivity contribution < 1.29 is 27.8 Å². The second kappa shape index (κ2) is 5.24. The zero-order chi connectivity index (χ0) is 14.9. The molecule has 0 amide bonds. The maximum absolute atomic E-state index is 13.6. The number of hydrogen-bond acceptors (Lipinski definition) is 2. The number of halogens is 3. The molecule has 0 aliphatic heterocycles. The summed E-state index contributed by atoms with van der Waals surface area (Å²) in [6, 6.07) is 4.91. The predicted octanol–water partition coefficient (Wildman–Crippen LogP) is 3.48. The molecule has 6 heteroatoms. The Morgan fingerprint density at radius 2 is 1.70 bits per heavy atom. The average molecular weight is 282 g/mol.